The van der Waals surface area contributed by atoms with Gasteiger partial charge in [-0.3, -0.25) is 9.80 Å². The highest BCUT2D eigenvalue weighted by molar-refractivity contribution is 5.09. The minimum atomic E-state index is 0.335. The Morgan fingerprint density at radius 2 is 1.73 bits per heavy atom. The summed E-state index contributed by atoms with van der Waals surface area (Å²) in [6.45, 7) is 10.7. The lowest BCUT2D eigenvalue weighted by atomic mass is 9.80. The highest BCUT2D eigenvalue weighted by atomic mass is 16.6. The summed E-state index contributed by atoms with van der Waals surface area (Å²) in [4.78, 5) is 4.85. The van der Waals surface area contributed by atoms with Gasteiger partial charge in [-0.25, -0.2) is 4.63 Å². The van der Waals surface area contributed by atoms with E-state index in [9.17, 15) is 0 Å². The van der Waals surface area contributed by atoms with Crippen LogP contribution in [0.4, 0.5) is 0 Å². The van der Waals surface area contributed by atoms with Gasteiger partial charge in [0.15, 0.2) is 0 Å². The molecule has 142 valence electrons. The highest BCUT2D eigenvalue weighted by Gasteiger charge is 2.32. The van der Waals surface area contributed by atoms with Crippen molar-refractivity contribution in [2.24, 2.45) is 5.73 Å². The predicted molar refractivity (Wildman–Crippen MR) is 95.2 cm³/mol. The van der Waals surface area contributed by atoms with Crippen molar-refractivity contribution in [1.82, 2.24) is 34.9 Å². The second-order valence-electron chi connectivity index (χ2n) is 7.50. The Bertz CT molecular complexity index is 727. The Morgan fingerprint density at radius 3 is 2.31 bits per heavy atom. The van der Waals surface area contributed by atoms with Crippen molar-refractivity contribution >= 4 is 0 Å². The normalized spacial score (nSPS) is 24.7. The molecule has 26 heavy (non-hydrogen) atoms. The number of aromatic nitrogens is 5. The molecule has 2 aromatic rings. The van der Waals surface area contributed by atoms with E-state index >= 15 is 0 Å². The van der Waals surface area contributed by atoms with Gasteiger partial charge in [-0.1, -0.05) is 10.3 Å². The van der Waals surface area contributed by atoms with Crippen LogP contribution in [0.5, 0.6) is 0 Å². The molecule has 0 spiro atoms. The second kappa shape index (κ2) is 7.42. The zero-order valence-electron chi connectivity index (χ0n) is 15.6. The van der Waals surface area contributed by atoms with Crippen LogP contribution in [0, 0.1) is 6.92 Å². The summed E-state index contributed by atoms with van der Waals surface area (Å²) in [5, 5.41) is 16.8. The smallest absolute Gasteiger partial charge is 0.147 e. The third-order valence-electron chi connectivity index (χ3n) is 5.66. The average molecular weight is 360 g/mol. The summed E-state index contributed by atoms with van der Waals surface area (Å²) in [6, 6.07) is 0.335. The van der Waals surface area contributed by atoms with E-state index in [0.29, 0.717) is 12.0 Å². The largest absolute Gasteiger partial charge is 0.328 e. The maximum atomic E-state index is 5.94. The van der Waals surface area contributed by atoms with Gasteiger partial charge in [-0.05, 0) is 26.7 Å². The van der Waals surface area contributed by atoms with Crippen LogP contribution in [-0.2, 0) is 19.6 Å². The molecule has 1 saturated heterocycles. The van der Waals surface area contributed by atoms with Gasteiger partial charge in [0, 0.05) is 51.2 Å². The molecular weight excluding hydrogens is 332 g/mol. The molecule has 3 heterocycles. The zero-order chi connectivity index (χ0) is 18.1. The van der Waals surface area contributed by atoms with Gasteiger partial charge in [0.1, 0.15) is 23.0 Å². The van der Waals surface area contributed by atoms with Gasteiger partial charge in [0.25, 0.3) is 0 Å². The molecule has 1 aliphatic heterocycles. The van der Waals surface area contributed by atoms with E-state index in [2.05, 4.69) is 41.8 Å². The lowest BCUT2D eigenvalue weighted by Gasteiger charge is -2.34. The van der Waals surface area contributed by atoms with Crippen LogP contribution in [0.15, 0.2) is 4.63 Å². The third-order valence-corrected chi connectivity index (χ3v) is 5.66. The van der Waals surface area contributed by atoms with Crippen LogP contribution >= 0.6 is 0 Å². The van der Waals surface area contributed by atoms with Crippen molar-refractivity contribution in [1.29, 1.82) is 0 Å². The lowest BCUT2D eigenvalue weighted by Crippen LogP contribution is -2.45. The van der Waals surface area contributed by atoms with Gasteiger partial charge in [0.2, 0.25) is 0 Å². The molecule has 2 N–H and O–H groups in total. The van der Waals surface area contributed by atoms with E-state index in [0.717, 1.165) is 81.7 Å². The van der Waals surface area contributed by atoms with E-state index in [1.807, 2.05) is 6.92 Å². The maximum absolute atomic E-state index is 5.94. The molecule has 1 saturated carbocycles. The topological polar surface area (TPSA) is 102 Å². The third kappa shape index (κ3) is 3.51. The first-order valence-electron chi connectivity index (χ1n) is 9.54. The van der Waals surface area contributed by atoms with E-state index in [-0.39, 0.29) is 0 Å². The summed E-state index contributed by atoms with van der Waals surface area (Å²) < 4.78 is 7.08. The summed E-state index contributed by atoms with van der Waals surface area (Å²) >= 11 is 0. The fourth-order valence-corrected chi connectivity index (χ4v) is 3.90. The van der Waals surface area contributed by atoms with Crippen LogP contribution in [0.25, 0.3) is 0 Å². The van der Waals surface area contributed by atoms with E-state index in [1.54, 1.807) is 0 Å². The van der Waals surface area contributed by atoms with Crippen LogP contribution in [0.1, 0.15) is 48.7 Å². The SMILES string of the molecule is CCn1c(CN2CCN(Cc3nonc3C)CC2)nnc1C1CC(N)C1. The second-order valence-corrected chi connectivity index (χ2v) is 7.50. The molecular formula is C17H28N8O. The van der Waals surface area contributed by atoms with E-state index in [1.165, 1.54) is 0 Å². The monoisotopic (exact) mass is 360 g/mol. The van der Waals surface area contributed by atoms with Crippen molar-refractivity contribution in [3.05, 3.63) is 23.0 Å². The van der Waals surface area contributed by atoms with E-state index in [4.69, 9.17) is 10.4 Å². The molecule has 2 aliphatic rings. The van der Waals surface area contributed by atoms with Crippen molar-refractivity contribution < 1.29 is 4.63 Å². The zero-order valence-corrected chi connectivity index (χ0v) is 15.6. The Kier molecular flexibility index (Phi) is 5.01. The van der Waals surface area contributed by atoms with Gasteiger partial charge in [0.05, 0.1) is 6.54 Å². The number of nitrogens with zero attached hydrogens (tertiary/aromatic N) is 7. The molecule has 0 aromatic carbocycles. The molecule has 0 bridgehead atoms. The van der Waals surface area contributed by atoms with Crippen LogP contribution in [0.2, 0.25) is 0 Å². The standard InChI is InChI=1S/C17H28N8O/c1-3-25-16(19-20-17(25)13-8-14(18)9-13)11-24-6-4-23(5-7-24)10-15-12(2)21-26-22-15/h13-14H,3-11,18H2,1-2H3. The predicted octanol–water partition coefficient (Wildman–Crippen LogP) is 0.512. The van der Waals surface area contributed by atoms with E-state index < -0.39 is 0 Å². The lowest BCUT2D eigenvalue weighted by molar-refractivity contribution is 0.116. The molecule has 0 amide bonds. The number of piperazine rings is 1. The summed E-state index contributed by atoms with van der Waals surface area (Å²) in [5.41, 5.74) is 7.76. The number of rotatable bonds is 6. The minimum absolute atomic E-state index is 0.335. The molecule has 0 unspecified atom stereocenters. The van der Waals surface area contributed by atoms with Crippen LogP contribution < -0.4 is 5.73 Å². The molecule has 9 nitrogen and oxygen atoms in total. The van der Waals surface area contributed by atoms with Crippen LogP contribution in [0.3, 0.4) is 0 Å². The van der Waals surface area contributed by atoms with Crippen molar-refractivity contribution in [2.45, 2.75) is 58.3 Å². The fraction of sp³-hybridized carbons (Fsp3) is 0.765. The molecule has 4 rings (SSSR count). The Morgan fingerprint density at radius 1 is 1.04 bits per heavy atom. The minimum Gasteiger partial charge on any atom is -0.328 e. The maximum Gasteiger partial charge on any atom is 0.147 e. The number of aryl methyl sites for hydroxylation is 1. The Labute approximate surface area is 153 Å². The number of hydrogen-bond donors (Lipinski definition) is 1. The number of nitrogens with two attached hydrogens (primary N) is 1. The quantitative estimate of drug-likeness (QED) is 0.795. The molecule has 0 atom stereocenters. The van der Waals surface area contributed by atoms with Gasteiger partial charge in [-0.15, -0.1) is 10.2 Å². The fourth-order valence-electron chi connectivity index (χ4n) is 3.90. The molecule has 2 fully saturated rings. The molecule has 2 aromatic heterocycles. The van der Waals surface area contributed by atoms with Gasteiger partial charge in [-0.2, -0.15) is 0 Å². The Balaban J connectivity index is 1.32. The average Bonchev–Trinajstić information content (AvgIpc) is 3.20. The molecule has 1 aliphatic carbocycles. The molecule has 0 radical (unpaired) electrons. The Hall–Kier alpha value is -1.84. The first-order valence-corrected chi connectivity index (χ1v) is 9.54. The first kappa shape index (κ1) is 17.6. The van der Waals surface area contributed by atoms with Crippen LogP contribution in [-0.4, -0.2) is 67.1 Å². The number of hydrogen-bond acceptors (Lipinski definition) is 8. The first-order chi connectivity index (χ1) is 12.6. The summed E-state index contributed by atoms with van der Waals surface area (Å²) in [5.74, 6) is 2.69. The van der Waals surface area contributed by atoms with Gasteiger partial charge < -0.3 is 10.3 Å². The van der Waals surface area contributed by atoms with Crippen molar-refractivity contribution in [2.75, 3.05) is 26.2 Å². The molecule has 9 heteroatoms. The highest BCUT2D eigenvalue weighted by Crippen LogP contribution is 2.34. The van der Waals surface area contributed by atoms with Crippen molar-refractivity contribution in [3.8, 4) is 0 Å². The van der Waals surface area contributed by atoms with Gasteiger partial charge >= 0.3 is 0 Å². The summed E-state index contributed by atoms with van der Waals surface area (Å²) in [7, 11) is 0. The van der Waals surface area contributed by atoms with Crippen molar-refractivity contribution in [3.63, 3.8) is 0 Å². The summed E-state index contributed by atoms with van der Waals surface area (Å²) in [6.07, 6.45) is 2.07.